The molecule has 2 heterocycles. The molecule has 1 aromatic heterocycles. The number of rotatable bonds is 5. The van der Waals surface area contributed by atoms with Gasteiger partial charge in [0.1, 0.15) is 5.82 Å². The van der Waals surface area contributed by atoms with E-state index in [9.17, 15) is 17.6 Å². The zero-order valence-corrected chi connectivity index (χ0v) is 22.9. The van der Waals surface area contributed by atoms with E-state index >= 15 is 0 Å². The monoisotopic (exact) mass is 512 g/mol. The lowest BCUT2D eigenvalue weighted by molar-refractivity contribution is -0.140. The molecule has 2 aromatic carbocycles. The van der Waals surface area contributed by atoms with Crippen LogP contribution < -0.4 is 0 Å². The van der Waals surface area contributed by atoms with E-state index in [0.29, 0.717) is 5.56 Å². The third-order valence-corrected chi connectivity index (χ3v) is 9.60. The Morgan fingerprint density at radius 2 is 1.81 bits per heavy atom. The molecule has 5 nitrogen and oxygen atoms in total. The van der Waals surface area contributed by atoms with Gasteiger partial charge in [-0.1, -0.05) is 40.7 Å². The molecule has 0 bridgehead atoms. The van der Waals surface area contributed by atoms with Gasteiger partial charge in [0.15, 0.2) is 9.84 Å². The molecule has 7 heteroatoms. The lowest BCUT2D eigenvalue weighted by atomic mass is 9.78. The zero-order valence-electron chi connectivity index (χ0n) is 22.1. The zero-order chi connectivity index (χ0) is 26.4. The Morgan fingerprint density at radius 1 is 1.14 bits per heavy atom. The predicted molar refractivity (Wildman–Crippen MR) is 142 cm³/mol. The number of carbonyl (C=O) groups excluding carboxylic acids is 1. The molecule has 1 aliphatic heterocycles. The summed E-state index contributed by atoms with van der Waals surface area (Å²) >= 11 is 0. The molecule has 36 heavy (non-hydrogen) atoms. The molecule has 1 fully saturated rings. The van der Waals surface area contributed by atoms with Crippen LogP contribution in [0.2, 0.25) is 0 Å². The van der Waals surface area contributed by atoms with Crippen LogP contribution in [-0.4, -0.2) is 36.9 Å². The lowest BCUT2D eigenvalue weighted by Gasteiger charge is -2.40. The first-order valence-corrected chi connectivity index (χ1v) is 14.3. The quantitative estimate of drug-likeness (QED) is 0.399. The van der Waals surface area contributed by atoms with Crippen LogP contribution in [0.3, 0.4) is 0 Å². The van der Waals surface area contributed by atoms with E-state index in [1.807, 2.05) is 37.1 Å². The molecule has 1 amide bonds. The van der Waals surface area contributed by atoms with Gasteiger partial charge in [0.2, 0.25) is 5.91 Å². The Labute approximate surface area is 214 Å². The number of halogens is 1. The van der Waals surface area contributed by atoms with Crippen molar-refractivity contribution in [3.8, 4) is 0 Å². The van der Waals surface area contributed by atoms with Crippen LogP contribution in [0.5, 0.6) is 0 Å². The van der Waals surface area contributed by atoms with Gasteiger partial charge in [-0.25, -0.2) is 12.8 Å². The van der Waals surface area contributed by atoms with Crippen molar-refractivity contribution in [2.75, 3.05) is 13.1 Å². The summed E-state index contributed by atoms with van der Waals surface area (Å²) in [4.78, 5) is 15.2. The van der Waals surface area contributed by atoms with Gasteiger partial charge in [-0.3, -0.25) is 4.79 Å². The first-order valence-electron chi connectivity index (χ1n) is 12.6. The van der Waals surface area contributed by atoms with Crippen molar-refractivity contribution in [1.29, 1.82) is 0 Å². The van der Waals surface area contributed by atoms with Crippen molar-refractivity contribution in [2.45, 2.75) is 57.6 Å². The van der Waals surface area contributed by atoms with Crippen LogP contribution in [0.25, 0.3) is 10.9 Å². The van der Waals surface area contributed by atoms with E-state index in [1.54, 1.807) is 0 Å². The predicted octanol–water partition coefficient (Wildman–Crippen LogP) is 5.93. The molecule has 0 aliphatic carbocycles. The smallest absolute Gasteiger partial charge is 0.225 e. The van der Waals surface area contributed by atoms with Crippen LogP contribution in [0.4, 0.5) is 4.39 Å². The van der Waals surface area contributed by atoms with Gasteiger partial charge >= 0.3 is 0 Å². The fourth-order valence-corrected chi connectivity index (χ4v) is 6.59. The van der Waals surface area contributed by atoms with E-state index < -0.39 is 15.7 Å². The van der Waals surface area contributed by atoms with Crippen molar-refractivity contribution in [3.63, 3.8) is 0 Å². The van der Waals surface area contributed by atoms with Gasteiger partial charge in [0.25, 0.3) is 0 Å². The Kier molecular flexibility index (Phi) is 7.08. The van der Waals surface area contributed by atoms with Crippen LogP contribution in [0.1, 0.15) is 58.1 Å². The van der Waals surface area contributed by atoms with E-state index in [2.05, 4.69) is 38.5 Å². The van der Waals surface area contributed by atoms with Crippen LogP contribution in [-0.2, 0) is 27.4 Å². The third kappa shape index (κ3) is 5.22. The highest BCUT2D eigenvalue weighted by atomic mass is 32.2. The third-order valence-electron chi connectivity index (χ3n) is 7.90. The molecule has 0 saturated carbocycles. The summed E-state index contributed by atoms with van der Waals surface area (Å²) in [6, 6.07) is 10.8. The molecule has 3 aromatic rings. The van der Waals surface area contributed by atoms with Crippen molar-refractivity contribution in [3.05, 3.63) is 65.6 Å². The number of amides is 1. The molecule has 3 atom stereocenters. The topological polar surface area (TPSA) is 59.4 Å². The van der Waals surface area contributed by atoms with Gasteiger partial charge in [-0.15, -0.1) is 0 Å². The average molecular weight is 513 g/mol. The van der Waals surface area contributed by atoms with E-state index in [0.717, 1.165) is 30.4 Å². The summed E-state index contributed by atoms with van der Waals surface area (Å²) in [7, 11) is -1.59. The number of nitrogens with zero attached hydrogens (tertiary/aromatic N) is 2. The summed E-state index contributed by atoms with van der Waals surface area (Å²) in [5.41, 5.74) is 2.90. The molecule has 4 rings (SSSR count). The molecule has 0 unspecified atom stereocenters. The van der Waals surface area contributed by atoms with Crippen LogP contribution >= 0.6 is 0 Å². The number of benzene rings is 2. The summed E-state index contributed by atoms with van der Waals surface area (Å²) in [5.74, 6) is 0.150. The molecular formula is C29H37FN2O3S. The number of likely N-dealkylation sites (tertiary alicyclic amines) is 1. The Bertz CT molecular complexity index is 1370. The average Bonchev–Trinajstić information content (AvgIpc) is 3.12. The summed E-state index contributed by atoms with van der Waals surface area (Å²) in [6.45, 7) is 12.0. The Morgan fingerprint density at radius 3 is 2.42 bits per heavy atom. The van der Waals surface area contributed by atoms with E-state index in [1.165, 1.54) is 29.8 Å². The standard InChI is InChI=1S/C29H37FN2O3S/c1-19-16-32(28(33)20(2)29(3,4)5)14-13-24(19)26-17-31(6)27-12-7-21(15-25(26)27)18-36(34,35)23-10-8-22(30)9-11-23/h7-12,15,17,19-20,24H,13-14,16,18H2,1-6H3/t19-,20-,24+/m0/s1. The number of fused-ring (bicyclic) bond motifs is 1. The largest absolute Gasteiger partial charge is 0.350 e. The van der Waals surface area contributed by atoms with Crippen molar-refractivity contribution in [2.24, 2.45) is 24.3 Å². The second-order valence-corrected chi connectivity index (χ2v) is 13.5. The number of piperidine rings is 1. The summed E-state index contributed by atoms with van der Waals surface area (Å²) in [5, 5.41) is 1.06. The second kappa shape index (κ2) is 9.66. The first-order chi connectivity index (χ1) is 16.8. The van der Waals surface area contributed by atoms with Gasteiger partial charge < -0.3 is 9.47 Å². The second-order valence-electron chi connectivity index (χ2n) is 11.5. The molecule has 1 saturated heterocycles. The van der Waals surface area contributed by atoms with Crippen molar-refractivity contribution in [1.82, 2.24) is 9.47 Å². The molecule has 0 spiro atoms. The fraction of sp³-hybridized carbons (Fsp3) is 0.483. The summed E-state index contributed by atoms with van der Waals surface area (Å²) < 4.78 is 41.3. The Hall–Kier alpha value is -2.67. The molecule has 1 aliphatic rings. The molecule has 194 valence electrons. The number of hydrogen-bond donors (Lipinski definition) is 0. The highest BCUT2D eigenvalue weighted by molar-refractivity contribution is 7.90. The number of aryl methyl sites for hydroxylation is 1. The van der Waals surface area contributed by atoms with Gasteiger partial charge in [-0.2, -0.15) is 0 Å². The molecule has 0 N–H and O–H groups in total. The normalized spacial score (nSPS) is 20.0. The SMILES string of the molecule is C[C@H]1CN(C(=O)[C@H](C)C(C)(C)C)CC[C@H]1c1cn(C)c2ccc(CS(=O)(=O)c3ccc(F)cc3)cc12. The van der Waals surface area contributed by atoms with Crippen LogP contribution in [0, 0.1) is 23.1 Å². The maximum atomic E-state index is 13.3. The summed E-state index contributed by atoms with van der Waals surface area (Å²) in [6.07, 6.45) is 3.03. The molecule has 0 radical (unpaired) electrons. The van der Waals surface area contributed by atoms with E-state index in [4.69, 9.17) is 0 Å². The first kappa shape index (κ1) is 26.4. The minimum atomic E-state index is -3.60. The van der Waals surface area contributed by atoms with Crippen LogP contribution in [0.15, 0.2) is 53.6 Å². The lowest BCUT2D eigenvalue weighted by Crippen LogP contribution is -2.46. The van der Waals surface area contributed by atoms with Crippen molar-refractivity contribution >= 4 is 26.6 Å². The highest BCUT2D eigenvalue weighted by Gasteiger charge is 2.36. The fourth-order valence-electron chi connectivity index (χ4n) is 5.25. The number of aromatic nitrogens is 1. The van der Waals surface area contributed by atoms with Gasteiger partial charge in [0.05, 0.1) is 10.6 Å². The van der Waals surface area contributed by atoms with E-state index in [-0.39, 0.29) is 39.7 Å². The maximum Gasteiger partial charge on any atom is 0.225 e. The molecular weight excluding hydrogens is 475 g/mol. The number of hydrogen-bond acceptors (Lipinski definition) is 3. The van der Waals surface area contributed by atoms with Gasteiger partial charge in [-0.05, 0) is 71.2 Å². The minimum Gasteiger partial charge on any atom is -0.350 e. The maximum absolute atomic E-state index is 13.3. The highest BCUT2D eigenvalue weighted by Crippen LogP contribution is 2.39. The minimum absolute atomic E-state index is 0.0376. The number of carbonyl (C=O) groups is 1. The van der Waals surface area contributed by atoms with Crippen molar-refractivity contribution < 1.29 is 17.6 Å². The Balaban J connectivity index is 1.59. The number of sulfone groups is 1. The van der Waals surface area contributed by atoms with Gasteiger partial charge in [0, 0.05) is 43.2 Å².